The minimum absolute atomic E-state index is 0.112. The number of nitrogens with one attached hydrogen (secondary N) is 1. The Labute approximate surface area is 129 Å². The largest absolute Gasteiger partial charge is 0.507 e. The number of hydrogen-bond donors (Lipinski definition) is 2. The van der Waals surface area contributed by atoms with Crippen LogP contribution in [0.4, 0.5) is 5.95 Å². The molecule has 1 heterocycles. The van der Waals surface area contributed by atoms with Crippen LogP contribution in [0.15, 0.2) is 29.4 Å². The van der Waals surface area contributed by atoms with E-state index in [1.165, 1.54) is 6.21 Å². The number of phenolic OH excluding ortho intramolecular Hbond substituents is 1. The summed E-state index contributed by atoms with van der Waals surface area (Å²) in [5.74, 6) is 1.18. The number of aryl methyl sites for hydroxylation is 2. The third-order valence-electron chi connectivity index (χ3n) is 2.83. The van der Waals surface area contributed by atoms with Gasteiger partial charge >= 0.3 is 0 Å². The molecule has 0 radical (unpaired) electrons. The molecule has 2 N–H and O–H groups in total. The van der Waals surface area contributed by atoms with Gasteiger partial charge in [-0.1, -0.05) is 6.92 Å². The molecule has 0 amide bonds. The van der Waals surface area contributed by atoms with Crippen molar-refractivity contribution in [2.45, 2.75) is 27.2 Å². The van der Waals surface area contributed by atoms with Crippen molar-refractivity contribution in [3.05, 3.63) is 41.2 Å². The number of ether oxygens (including phenoxy) is 1. The van der Waals surface area contributed by atoms with E-state index < -0.39 is 0 Å². The summed E-state index contributed by atoms with van der Waals surface area (Å²) in [4.78, 5) is 8.43. The van der Waals surface area contributed by atoms with Gasteiger partial charge in [0, 0.05) is 23.0 Å². The first-order valence-corrected chi connectivity index (χ1v) is 7.15. The highest BCUT2D eigenvalue weighted by Crippen LogP contribution is 2.22. The molecule has 0 saturated carbocycles. The zero-order chi connectivity index (χ0) is 15.9. The molecule has 0 saturated heterocycles. The van der Waals surface area contributed by atoms with Crippen LogP contribution in [0.2, 0.25) is 0 Å². The van der Waals surface area contributed by atoms with Crippen molar-refractivity contribution in [2.24, 2.45) is 5.10 Å². The first kappa shape index (κ1) is 15.8. The maximum Gasteiger partial charge on any atom is 0.243 e. The third-order valence-corrected chi connectivity index (χ3v) is 2.83. The number of benzene rings is 1. The second-order valence-electron chi connectivity index (χ2n) is 4.91. The van der Waals surface area contributed by atoms with Gasteiger partial charge in [-0.15, -0.1) is 0 Å². The molecule has 2 aromatic rings. The van der Waals surface area contributed by atoms with Crippen LogP contribution in [0.5, 0.6) is 11.5 Å². The monoisotopic (exact) mass is 300 g/mol. The lowest BCUT2D eigenvalue weighted by Gasteiger charge is -2.06. The lowest BCUT2D eigenvalue weighted by molar-refractivity contribution is 0.315. The van der Waals surface area contributed by atoms with Gasteiger partial charge in [-0.2, -0.15) is 5.10 Å². The third kappa shape index (κ3) is 4.44. The van der Waals surface area contributed by atoms with Gasteiger partial charge in [-0.05, 0) is 38.5 Å². The van der Waals surface area contributed by atoms with Crippen molar-refractivity contribution < 1.29 is 9.84 Å². The van der Waals surface area contributed by atoms with E-state index in [1.54, 1.807) is 18.2 Å². The molecule has 22 heavy (non-hydrogen) atoms. The number of hydrogen-bond acceptors (Lipinski definition) is 6. The number of aromatic nitrogens is 2. The van der Waals surface area contributed by atoms with E-state index in [-0.39, 0.29) is 5.75 Å². The molecule has 0 bridgehead atoms. The van der Waals surface area contributed by atoms with Crippen LogP contribution in [0.1, 0.15) is 30.3 Å². The first-order chi connectivity index (χ1) is 10.6. The molecular weight excluding hydrogens is 280 g/mol. The zero-order valence-electron chi connectivity index (χ0n) is 13.0. The Morgan fingerprint density at radius 2 is 1.95 bits per heavy atom. The van der Waals surface area contributed by atoms with Crippen molar-refractivity contribution in [1.82, 2.24) is 9.97 Å². The number of hydrazone groups is 1. The summed E-state index contributed by atoms with van der Waals surface area (Å²) in [6.45, 7) is 6.44. The van der Waals surface area contributed by atoms with Gasteiger partial charge in [0.2, 0.25) is 5.95 Å². The van der Waals surface area contributed by atoms with Gasteiger partial charge < -0.3 is 9.84 Å². The summed E-state index contributed by atoms with van der Waals surface area (Å²) < 4.78 is 5.45. The Bertz CT molecular complexity index is 651. The normalized spacial score (nSPS) is 10.9. The minimum Gasteiger partial charge on any atom is -0.507 e. The van der Waals surface area contributed by atoms with Gasteiger partial charge in [0.15, 0.2) is 0 Å². The molecule has 1 aromatic carbocycles. The Kier molecular flexibility index (Phi) is 5.30. The number of anilines is 1. The quantitative estimate of drug-likeness (QED) is 0.633. The van der Waals surface area contributed by atoms with Gasteiger partial charge in [-0.25, -0.2) is 15.4 Å². The summed E-state index contributed by atoms with van der Waals surface area (Å²) in [6, 6.07) is 7.00. The van der Waals surface area contributed by atoms with E-state index in [4.69, 9.17) is 4.74 Å². The molecule has 6 nitrogen and oxygen atoms in total. The van der Waals surface area contributed by atoms with Crippen LogP contribution in [-0.2, 0) is 0 Å². The van der Waals surface area contributed by atoms with Gasteiger partial charge in [-0.3, -0.25) is 0 Å². The van der Waals surface area contributed by atoms with E-state index in [2.05, 4.69) is 20.5 Å². The maximum absolute atomic E-state index is 9.95. The second-order valence-corrected chi connectivity index (χ2v) is 4.91. The van der Waals surface area contributed by atoms with Gasteiger partial charge in [0.1, 0.15) is 11.5 Å². The van der Waals surface area contributed by atoms with Crippen molar-refractivity contribution in [2.75, 3.05) is 12.0 Å². The summed E-state index contributed by atoms with van der Waals surface area (Å²) in [5, 5.41) is 14.0. The Hall–Kier alpha value is -2.63. The molecule has 116 valence electrons. The van der Waals surface area contributed by atoms with Crippen LogP contribution in [0, 0.1) is 13.8 Å². The van der Waals surface area contributed by atoms with E-state index in [9.17, 15) is 5.11 Å². The fraction of sp³-hybridized carbons (Fsp3) is 0.312. The van der Waals surface area contributed by atoms with Crippen LogP contribution in [-0.4, -0.2) is 27.9 Å². The standard InChI is InChI=1S/C16H20N4O2/c1-4-7-22-14-6-5-13(15(21)9-14)10-17-20-16-18-11(2)8-12(3)19-16/h5-6,8-10,21H,4,7H2,1-3H3,(H,18,19,20). The Morgan fingerprint density at radius 3 is 2.59 bits per heavy atom. The number of nitrogens with zero attached hydrogens (tertiary/aromatic N) is 3. The molecule has 6 heteroatoms. The fourth-order valence-electron chi connectivity index (χ4n) is 1.88. The predicted molar refractivity (Wildman–Crippen MR) is 86.6 cm³/mol. The highest BCUT2D eigenvalue weighted by Gasteiger charge is 2.02. The molecule has 0 aliphatic carbocycles. The van der Waals surface area contributed by atoms with Gasteiger partial charge in [0.05, 0.1) is 12.8 Å². The number of phenols is 1. The molecule has 1 aromatic heterocycles. The molecule has 0 aliphatic heterocycles. The maximum atomic E-state index is 9.95. The highest BCUT2D eigenvalue weighted by atomic mass is 16.5. The van der Waals surface area contributed by atoms with Crippen LogP contribution in [0.3, 0.4) is 0 Å². The van der Waals surface area contributed by atoms with E-state index in [0.29, 0.717) is 23.9 Å². The first-order valence-electron chi connectivity index (χ1n) is 7.15. The highest BCUT2D eigenvalue weighted by molar-refractivity contribution is 5.84. The minimum atomic E-state index is 0.112. The molecule has 2 rings (SSSR count). The van der Waals surface area contributed by atoms with Crippen molar-refractivity contribution in [1.29, 1.82) is 0 Å². The molecule has 0 fully saturated rings. The summed E-state index contributed by atoms with van der Waals surface area (Å²) in [6.07, 6.45) is 2.43. The van der Waals surface area contributed by atoms with E-state index in [0.717, 1.165) is 17.8 Å². The average molecular weight is 300 g/mol. The summed E-state index contributed by atoms with van der Waals surface area (Å²) in [5.41, 5.74) is 5.07. The molecule has 0 atom stereocenters. The SMILES string of the molecule is CCCOc1ccc(C=NNc2nc(C)cc(C)n2)c(O)c1. The van der Waals surface area contributed by atoms with Crippen LogP contribution >= 0.6 is 0 Å². The van der Waals surface area contributed by atoms with Crippen molar-refractivity contribution in [3.8, 4) is 11.5 Å². The Morgan fingerprint density at radius 1 is 1.23 bits per heavy atom. The summed E-state index contributed by atoms with van der Waals surface area (Å²) in [7, 11) is 0. The smallest absolute Gasteiger partial charge is 0.243 e. The van der Waals surface area contributed by atoms with Crippen LogP contribution < -0.4 is 10.2 Å². The molecule has 0 spiro atoms. The average Bonchev–Trinajstić information content (AvgIpc) is 2.46. The Balaban J connectivity index is 2.03. The lowest BCUT2D eigenvalue weighted by atomic mass is 10.2. The number of aromatic hydroxyl groups is 1. The zero-order valence-corrected chi connectivity index (χ0v) is 13.0. The second kappa shape index (κ2) is 7.40. The van der Waals surface area contributed by atoms with Crippen molar-refractivity contribution >= 4 is 12.2 Å². The van der Waals surface area contributed by atoms with Crippen LogP contribution in [0.25, 0.3) is 0 Å². The molecule has 0 aliphatic rings. The van der Waals surface area contributed by atoms with Crippen molar-refractivity contribution in [3.63, 3.8) is 0 Å². The molecule has 0 unspecified atom stereocenters. The van der Waals surface area contributed by atoms with E-state index >= 15 is 0 Å². The van der Waals surface area contributed by atoms with Gasteiger partial charge in [0.25, 0.3) is 0 Å². The predicted octanol–water partition coefficient (Wildman–Crippen LogP) is 3.03. The van der Waals surface area contributed by atoms with E-state index in [1.807, 2.05) is 26.8 Å². The summed E-state index contributed by atoms with van der Waals surface area (Å²) >= 11 is 0. The molecular formula is C16H20N4O2. The number of rotatable bonds is 6. The fourth-order valence-corrected chi connectivity index (χ4v) is 1.88. The topological polar surface area (TPSA) is 79.6 Å². The lowest BCUT2D eigenvalue weighted by Crippen LogP contribution is -2.00.